The number of carbonyl (C=O) groups excluding carboxylic acids is 1. The highest BCUT2D eigenvalue weighted by molar-refractivity contribution is 6.30. The molecule has 3 aromatic rings. The van der Waals surface area contributed by atoms with E-state index in [1.54, 1.807) is 6.07 Å². The number of rotatable bonds is 6. The number of methoxy groups -OCH3 is 1. The summed E-state index contributed by atoms with van der Waals surface area (Å²) in [4.78, 5) is 25.0. The van der Waals surface area contributed by atoms with E-state index in [-0.39, 0.29) is 11.4 Å². The fraction of sp³-hybridized carbons (Fsp3) is 0.346. The van der Waals surface area contributed by atoms with Crippen LogP contribution in [0, 0.1) is 5.41 Å². The molecule has 0 aliphatic carbocycles. The average molecular weight is 494 g/mol. The highest BCUT2D eigenvalue weighted by atomic mass is 35.5. The molecule has 2 amide bonds. The Balaban J connectivity index is 1.09. The predicted molar refractivity (Wildman–Crippen MR) is 134 cm³/mol. The lowest BCUT2D eigenvalue weighted by Gasteiger charge is -2.53. The fourth-order valence-corrected chi connectivity index (χ4v) is 4.85. The van der Waals surface area contributed by atoms with Crippen LogP contribution in [0.25, 0.3) is 0 Å². The maximum atomic E-state index is 12.6. The van der Waals surface area contributed by atoms with E-state index in [9.17, 15) is 4.79 Å². The van der Waals surface area contributed by atoms with Crippen molar-refractivity contribution in [2.45, 2.75) is 19.4 Å². The van der Waals surface area contributed by atoms with E-state index in [1.165, 1.54) is 19.0 Å². The van der Waals surface area contributed by atoms with Gasteiger partial charge in [-0.05, 0) is 67.9 Å². The molecule has 2 fully saturated rings. The Hall–Kier alpha value is -3.36. The van der Waals surface area contributed by atoms with Crippen molar-refractivity contribution in [2.24, 2.45) is 5.41 Å². The molecule has 0 atom stereocenters. The summed E-state index contributed by atoms with van der Waals surface area (Å²) in [6.45, 7) is 4.47. The van der Waals surface area contributed by atoms with Gasteiger partial charge in [0, 0.05) is 36.1 Å². The van der Waals surface area contributed by atoms with Crippen LogP contribution < -0.4 is 14.8 Å². The molecule has 0 saturated carbocycles. The van der Waals surface area contributed by atoms with E-state index in [4.69, 9.17) is 21.1 Å². The molecule has 182 valence electrons. The Morgan fingerprint density at radius 1 is 1.06 bits per heavy atom. The minimum absolute atomic E-state index is 0.128. The summed E-state index contributed by atoms with van der Waals surface area (Å²) in [6.07, 6.45) is 3.54. The van der Waals surface area contributed by atoms with Crippen LogP contribution in [0.3, 0.4) is 0 Å². The molecule has 0 bridgehead atoms. The third-order valence-corrected chi connectivity index (χ3v) is 6.95. The quantitative estimate of drug-likeness (QED) is 0.517. The van der Waals surface area contributed by atoms with E-state index >= 15 is 0 Å². The SMILES string of the molecule is COc1cc(NC(=O)N2CC3(CCN(Cc4cccc(Oc5ccc(Cl)cc5)c4)CC3)C2)ncn1. The Morgan fingerprint density at radius 2 is 1.83 bits per heavy atom. The summed E-state index contributed by atoms with van der Waals surface area (Å²) in [5.74, 6) is 2.45. The minimum atomic E-state index is -0.128. The van der Waals surface area contributed by atoms with E-state index in [2.05, 4.69) is 32.3 Å². The number of halogens is 1. The van der Waals surface area contributed by atoms with Crippen LogP contribution in [0.15, 0.2) is 60.9 Å². The van der Waals surface area contributed by atoms with Crippen LogP contribution in [0.5, 0.6) is 17.4 Å². The van der Waals surface area contributed by atoms with Gasteiger partial charge in [0.1, 0.15) is 23.6 Å². The predicted octanol–water partition coefficient (Wildman–Crippen LogP) is 5.06. The molecule has 2 aliphatic heterocycles. The van der Waals surface area contributed by atoms with Crippen molar-refractivity contribution in [1.29, 1.82) is 0 Å². The van der Waals surface area contributed by atoms with Gasteiger partial charge in [0.25, 0.3) is 0 Å². The van der Waals surface area contributed by atoms with Crippen molar-refractivity contribution in [3.63, 3.8) is 0 Å². The molecule has 2 aromatic carbocycles. The normalized spacial score (nSPS) is 17.0. The number of carbonyl (C=O) groups is 1. The minimum Gasteiger partial charge on any atom is -0.481 e. The van der Waals surface area contributed by atoms with E-state index < -0.39 is 0 Å². The van der Waals surface area contributed by atoms with Gasteiger partial charge < -0.3 is 14.4 Å². The zero-order valence-electron chi connectivity index (χ0n) is 19.6. The summed E-state index contributed by atoms with van der Waals surface area (Å²) < 4.78 is 11.1. The van der Waals surface area contributed by atoms with E-state index in [1.807, 2.05) is 41.3 Å². The number of piperidine rings is 1. The van der Waals surface area contributed by atoms with Gasteiger partial charge in [0.2, 0.25) is 5.88 Å². The molecule has 35 heavy (non-hydrogen) atoms. The van der Waals surface area contributed by atoms with Gasteiger partial charge in [-0.3, -0.25) is 10.2 Å². The Bertz CT molecular complexity index is 1170. The summed E-state index contributed by atoms with van der Waals surface area (Å²) in [5, 5.41) is 3.52. The molecule has 9 heteroatoms. The molecular weight excluding hydrogens is 466 g/mol. The molecule has 2 saturated heterocycles. The molecule has 0 unspecified atom stereocenters. The van der Waals surface area contributed by atoms with E-state index in [0.29, 0.717) is 16.7 Å². The smallest absolute Gasteiger partial charge is 0.323 e. The number of hydrogen-bond donors (Lipinski definition) is 1. The molecule has 1 N–H and O–H groups in total. The first-order chi connectivity index (χ1) is 17.0. The molecule has 2 aliphatic rings. The van der Waals surface area contributed by atoms with Crippen molar-refractivity contribution < 1.29 is 14.3 Å². The first-order valence-corrected chi connectivity index (χ1v) is 12.0. The highest BCUT2D eigenvalue weighted by Crippen LogP contribution is 2.41. The number of anilines is 1. The monoisotopic (exact) mass is 493 g/mol. The topological polar surface area (TPSA) is 79.8 Å². The highest BCUT2D eigenvalue weighted by Gasteiger charge is 2.46. The lowest BCUT2D eigenvalue weighted by Crippen LogP contribution is -2.62. The maximum absolute atomic E-state index is 12.6. The molecule has 5 rings (SSSR count). The fourth-order valence-electron chi connectivity index (χ4n) is 4.72. The van der Waals surface area contributed by atoms with Gasteiger partial charge in [-0.1, -0.05) is 23.7 Å². The van der Waals surface area contributed by atoms with Crippen molar-refractivity contribution in [3.05, 3.63) is 71.5 Å². The number of amides is 2. The van der Waals surface area contributed by atoms with Crippen molar-refractivity contribution in [2.75, 3.05) is 38.6 Å². The van der Waals surface area contributed by atoms with Gasteiger partial charge in [-0.15, -0.1) is 0 Å². The summed E-state index contributed by atoms with van der Waals surface area (Å²) in [6, 6.07) is 17.1. The van der Waals surface area contributed by atoms with Crippen LogP contribution in [-0.2, 0) is 6.54 Å². The maximum Gasteiger partial charge on any atom is 0.323 e. The summed E-state index contributed by atoms with van der Waals surface area (Å²) >= 11 is 5.96. The van der Waals surface area contributed by atoms with Crippen molar-refractivity contribution in [3.8, 4) is 17.4 Å². The second kappa shape index (κ2) is 10.1. The van der Waals surface area contributed by atoms with Gasteiger partial charge in [-0.25, -0.2) is 14.8 Å². The number of likely N-dealkylation sites (tertiary alicyclic amines) is 2. The molecule has 0 radical (unpaired) electrons. The lowest BCUT2D eigenvalue weighted by molar-refractivity contribution is -0.0200. The molecule has 3 heterocycles. The number of urea groups is 1. The van der Waals surface area contributed by atoms with Crippen LogP contribution in [-0.4, -0.2) is 59.1 Å². The molecule has 1 aromatic heterocycles. The number of aromatic nitrogens is 2. The Labute approximate surface area is 209 Å². The number of ether oxygens (including phenoxy) is 2. The second-order valence-corrected chi connectivity index (χ2v) is 9.65. The standard InChI is InChI=1S/C26H28ClN5O3/c1-34-24-14-23(28-18-29-24)30-25(33)32-16-26(17-32)9-11-31(12-10-26)15-19-3-2-4-22(13-19)35-21-7-5-20(27)6-8-21/h2-8,13-14,18H,9-12,15-17H2,1H3,(H,28,29,30,33). The van der Waals surface area contributed by atoms with Gasteiger partial charge in [0.05, 0.1) is 7.11 Å². The Morgan fingerprint density at radius 3 is 2.57 bits per heavy atom. The number of nitrogens with zero attached hydrogens (tertiary/aromatic N) is 4. The molecular formula is C26H28ClN5O3. The van der Waals surface area contributed by atoms with Gasteiger partial charge in [-0.2, -0.15) is 0 Å². The molecule has 1 spiro atoms. The van der Waals surface area contributed by atoms with Crippen LogP contribution in [0.2, 0.25) is 5.02 Å². The van der Waals surface area contributed by atoms with Crippen LogP contribution in [0.1, 0.15) is 18.4 Å². The molecule has 8 nitrogen and oxygen atoms in total. The average Bonchev–Trinajstić information content (AvgIpc) is 2.85. The number of nitrogens with one attached hydrogen (secondary N) is 1. The first kappa shape index (κ1) is 23.4. The Kier molecular flexibility index (Phi) is 6.74. The third-order valence-electron chi connectivity index (χ3n) is 6.70. The summed E-state index contributed by atoms with van der Waals surface area (Å²) in [7, 11) is 1.53. The van der Waals surface area contributed by atoms with Crippen molar-refractivity contribution >= 4 is 23.4 Å². The van der Waals surface area contributed by atoms with Crippen molar-refractivity contribution in [1.82, 2.24) is 19.8 Å². The largest absolute Gasteiger partial charge is 0.481 e. The third kappa shape index (κ3) is 5.66. The van der Waals surface area contributed by atoms with E-state index in [0.717, 1.165) is 57.1 Å². The number of benzene rings is 2. The zero-order chi connectivity index (χ0) is 24.3. The second-order valence-electron chi connectivity index (χ2n) is 9.21. The van der Waals surface area contributed by atoms with Gasteiger partial charge >= 0.3 is 6.03 Å². The number of hydrogen-bond acceptors (Lipinski definition) is 6. The van der Waals surface area contributed by atoms with Crippen LogP contribution in [0.4, 0.5) is 10.6 Å². The lowest BCUT2D eigenvalue weighted by atomic mass is 9.72. The first-order valence-electron chi connectivity index (χ1n) is 11.7. The van der Waals surface area contributed by atoms with Gasteiger partial charge in [0.15, 0.2) is 0 Å². The summed E-state index contributed by atoms with van der Waals surface area (Å²) in [5.41, 5.74) is 1.44. The zero-order valence-corrected chi connectivity index (χ0v) is 20.4. The van der Waals surface area contributed by atoms with Crippen LogP contribution >= 0.6 is 11.6 Å².